The maximum absolute atomic E-state index is 10.5. The van der Waals surface area contributed by atoms with E-state index < -0.39 is 0 Å². The zero-order valence-electron chi connectivity index (χ0n) is 13.4. The number of allylic oxidation sites excluding steroid dienone is 1. The molecule has 0 saturated heterocycles. The van der Waals surface area contributed by atoms with Crippen molar-refractivity contribution in [3.63, 3.8) is 0 Å². The van der Waals surface area contributed by atoms with Crippen molar-refractivity contribution in [3.8, 4) is 17.2 Å². The van der Waals surface area contributed by atoms with Crippen molar-refractivity contribution in [2.45, 2.75) is 0 Å². The molecule has 3 rings (SSSR count). The van der Waals surface area contributed by atoms with Gasteiger partial charge in [-0.15, -0.1) is 0 Å². The number of phenols is 1. The molecule has 0 saturated carbocycles. The largest absolute Gasteiger partial charge is 0.504 e. The maximum Gasteiger partial charge on any atom is 0.298 e. The fraction of sp³-hybridized carbons (Fsp3) is 0.105. The molecule has 24 heavy (non-hydrogen) atoms. The van der Waals surface area contributed by atoms with Crippen LogP contribution in [0.25, 0.3) is 12.2 Å². The number of fused-ring (bicyclic) bond motifs is 1. The zero-order chi connectivity index (χ0) is 17.1. The van der Waals surface area contributed by atoms with E-state index in [1.807, 2.05) is 49.3 Å². The number of ether oxygens (including phenoxy) is 2. The molecule has 0 atom stereocenters. The Hall–Kier alpha value is -3.21. The first-order valence-electron chi connectivity index (χ1n) is 7.39. The van der Waals surface area contributed by atoms with Gasteiger partial charge in [0.05, 0.1) is 0 Å². The van der Waals surface area contributed by atoms with Gasteiger partial charge >= 0.3 is 0 Å². The van der Waals surface area contributed by atoms with Crippen LogP contribution >= 0.6 is 0 Å². The second-order valence-corrected chi connectivity index (χ2v) is 5.54. The van der Waals surface area contributed by atoms with Crippen molar-refractivity contribution in [1.82, 2.24) is 0 Å². The number of aromatic hydroxyl groups is 1. The third-order valence-electron chi connectivity index (χ3n) is 3.64. The van der Waals surface area contributed by atoms with Crippen molar-refractivity contribution in [1.29, 1.82) is 0 Å². The van der Waals surface area contributed by atoms with Gasteiger partial charge in [0.15, 0.2) is 11.5 Å². The average Bonchev–Trinajstić information content (AvgIpc) is 2.57. The van der Waals surface area contributed by atoms with Gasteiger partial charge in [-0.25, -0.2) is 0 Å². The van der Waals surface area contributed by atoms with E-state index in [1.165, 1.54) is 6.07 Å². The lowest BCUT2D eigenvalue weighted by molar-refractivity contribution is -0.120. The summed E-state index contributed by atoms with van der Waals surface area (Å²) in [5.41, 5.74) is 2.81. The number of carbonyl (C=O) groups is 1. The van der Waals surface area contributed by atoms with Crippen LogP contribution in [-0.4, -0.2) is 25.7 Å². The van der Waals surface area contributed by atoms with Crippen LogP contribution in [0, 0.1) is 0 Å². The molecule has 0 bridgehead atoms. The molecular weight excluding hydrogens is 306 g/mol. The number of phenolic OH excluding ortho intramolecular Hbond substituents is 1. The van der Waals surface area contributed by atoms with E-state index in [1.54, 1.807) is 18.2 Å². The monoisotopic (exact) mass is 323 g/mol. The number of anilines is 1. The van der Waals surface area contributed by atoms with Crippen molar-refractivity contribution in [2.24, 2.45) is 0 Å². The Morgan fingerprint density at radius 3 is 2.71 bits per heavy atom. The molecule has 0 radical (unpaired) electrons. The molecule has 1 aliphatic rings. The number of rotatable bonds is 4. The number of benzene rings is 2. The lowest BCUT2D eigenvalue weighted by atomic mass is 10.1. The Bertz CT molecular complexity index is 837. The average molecular weight is 323 g/mol. The smallest absolute Gasteiger partial charge is 0.298 e. The minimum Gasteiger partial charge on any atom is -0.504 e. The summed E-state index contributed by atoms with van der Waals surface area (Å²) < 4.78 is 10.7. The molecule has 0 spiro atoms. The van der Waals surface area contributed by atoms with Crippen molar-refractivity contribution in [3.05, 3.63) is 59.4 Å². The van der Waals surface area contributed by atoms with E-state index in [0.717, 1.165) is 22.6 Å². The highest BCUT2D eigenvalue weighted by molar-refractivity contribution is 5.70. The molecule has 2 aromatic rings. The molecule has 0 amide bonds. The van der Waals surface area contributed by atoms with Gasteiger partial charge < -0.3 is 19.5 Å². The number of hydrogen-bond donors (Lipinski definition) is 1. The van der Waals surface area contributed by atoms with Gasteiger partial charge in [0.2, 0.25) is 0 Å². The first-order chi connectivity index (χ1) is 11.6. The van der Waals surface area contributed by atoms with Gasteiger partial charge in [-0.05, 0) is 48.1 Å². The van der Waals surface area contributed by atoms with Crippen LogP contribution in [0.5, 0.6) is 17.2 Å². The Labute approximate surface area is 140 Å². The summed E-state index contributed by atoms with van der Waals surface area (Å²) in [5, 5.41) is 9.63. The Morgan fingerprint density at radius 2 is 1.96 bits per heavy atom. The van der Waals surface area contributed by atoms with Gasteiger partial charge in [0.25, 0.3) is 6.47 Å². The van der Waals surface area contributed by atoms with E-state index in [-0.39, 0.29) is 18.0 Å². The second-order valence-electron chi connectivity index (χ2n) is 5.54. The van der Waals surface area contributed by atoms with E-state index >= 15 is 0 Å². The van der Waals surface area contributed by atoms with Crippen LogP contribution in [-0.2, 0) is 4.79 Å². The molecular formula is C19H17NO4. The van der Waals surface area contributed by atoms with E-state index in [9.17, 15) is 9.90 Å². The Balaban J connectivity index is 1.89. The normalized spacial score (nSPS) is 14.0. The van der Waals surface area contributed by atoms with E-state index in [4.69, 9.17) is 9.47 Å². The van der Waals surface area contributed by atoms with Crippen LogP contribution in [0.3, 0.4) is 0 Å². The number of hydrogen-bond acceptors (Lipinski definition) is 5. The van der Waals surface area contributed by atoms with E-state index in [2.05, 4.69) is 0 Å². The lowest BCUT2D eigenvalue weighted by Gasteiger charge is -2.19. The minimum absolute atomic E-state index is 0.0923. The molecule has 0 fully saturated rings. The number of nitrogens with zero attached hydrogens (tertiary/aromatic N) is 1. The van der Waals surface area contributed by atoms with Crippen molar-refractivity contribution in [2.75, 3.05) is 19.0 Å². The molecule has 0 aromatic heterocycles. The van der Waals surface area contributed by atoms with Crippen molar-refractivity contribution < 1.29 is 19.4 Å². The van der Waals surface area contributed by atoms with Gasteiger partial charge in [0.1, 0.15) is 11.5 Å². The first kappa shape index (κ1) is 15.7. The van der Waals surface area contributed by atoms with Crippen LogP contribution in [0.2, 0.25) is 0 Å². The summed E-state index contributed by atoms with van der Waals surface area (Å²) in [7, 11) is 3.95. The van der Waals surface area contributed by atoms with Gasteiger partial charge in [-0.2, -0.15) is 0 Å². The number of carbonyl (C=O) groups excluding carboxylic acids is 1. The van der Waals surface area contributed by atoms with Gasteiger partial charge in [-0.3, -0.25) is 4.79 Å². The second kappa shape index (κ2) is 6.50. The highest BCUT2D eigenvalue weighted by Crippen LogP contribution is 2.33. The fourth-order valence-corrected chi connectivity index (χ4v) is 2.37. The highest BCUT2D eigenvalue weighted by Gasteiger charge is 2.11. The molecule has 5 nitrogen and oxygen atoms in total. The first-order valence-corrected chi connectivity index (χ1v) is 7.39. The fourth-order valence-electron chi connectivity index (χ4n) is 2.37. The van der Waals surface area contributed by atoms with Gasteiger partial charge in [-0.1, -0.05) is 6.07 Å². The summed E-state index contributed by atoms with van der Waals surface area (Å²) in [6, 6.07) is 10.8. The molecule has 1 aliphatic heterocycles. The van der Waals surface area contributed by atoms with Crippen LogP contribution in [0.1, 0.15) is 11.1 Å². The third kappa shape index (κ3) is 3.25. The molecule has 0 unspecified atom stereocenters. The molecule has 0 aliphatic carbocycles. The van der Waals surface area contributed by atoms with E-state index in [0.29, 0.717) is 5.76 Å². The summed E-state index contributed by atoms with van der Waals surface area (Å²) in [5.74, 6) is 1.44. The van der Waals surface area contributed by atoms with Crippen LogP contribution < -0.4 is 14.4 Å². The lowest BCUT2D eigenvalue weighted by Crippen LogP contribution is -2.09. The van der Waals surface area contributed by atoms with Crippen LogP contribution in [0.15, 0.2) is 48.2 Å². The topological polar surface area (TPSA) is 59.0 Å². The Morgan fingerprint density at radius 1 is 1.12 bits per heavy atom. The highest BCUT2D eigenvalue weighted by atomic mass is 16.5. The van der Waals surface area contributed by atoms with Crippen molar-refractivity contribution >= 4 is 24.3 Å². The standard InChI is InChI=1S/C19H17NO4/c1-20(2)15-6-4-14-5-7-16(24-18(14)11-15)9-13-3-8-17(22)19(10-13)23-12-21/h3-12,22H,1-2H3/b16-9+. The third-order valence-corrected chi connectivity index (χ3v) is 3.64. The molecule has 2 aromatic carbocycles. The summed E-state index contributed by atoms with van der Waals surface area (Å²) >= 11 is 0. The summed E-state index contributed by atoms with van der Waals surface area (Å²) in [4.78, 5) is 12.5. The quantitative estimate of drug-likeness (QED) is 0.874. The minimum atomic E-state index is -0.0923. The zero-order valence-corrected chi connectivity index (χ0v) is 13.4. The predicted octanol–water partition coefficient (Wildman–Crippen LogP) is 3.44. The summed E-state index contributed by atoms with van der Waals surface area (Å²) in [6.07, 6.45) is 5.65. The predicted molar refractivity (Wildman–Crippen MR) is 93.2 cm³/mol. The maximum atomic E-state index is 10.5. The molecule has 5 heteroatoms. The van der Waals surface area contributed by atoms with Crippen LogP contribution in [0.4, 0.5) is 5.69 Å². The summed E-state index contributed by atoms with van der Waals surface area (Å²) in [6.45, 7) is 0.280. The SMILES string of the molecule is CN(C)c1ccc2c(c1)O/C(=C/c1ccc(O)c(OC=O)c1)C=C2. The van der Waals surface area contributed by atoms with Gasteiger partial charge in [0, 0.05) is 31.4 Å². The molecule has 122 valence electrons. The molecule has 1 N–H and O–H groups in total. The molecule has 1 heterocycles. The Kier molecular flexibility index (Phi) is 4.24.